The van der Waals surface area contributed by atoms with Gasteiger partial charge in [-0.25, -0.2) is 0 Å². The number of methoxy groups -OCH3 is 1. The van der Waals surface area contributed by atoms with Gasteiger partial charge in [0.05, 0.1) is 7.11 Å². The van der Waals surface area contributed by atoms with E-state index in [4.69, 9.17) is 10.5 Å². The summed E-state index contributed by atoms with van der Waals surface area (Å²) < 4.78 is 5.37. The van der Waals surface area contributed by atoms with E-state index in [0.717, 1.165) is 25.0 Å². The molecule has 2 nitrogen and oxygen atoms in total. The van der Waals surface area contributed by atoms with Crippen LogP contribution in [0, 0.1) is 13.8 Å². The second-order valence-corrected chi connectivity index (χ2v) is 6.29. The van der Waals surface area contributed by atoms with Crippen LogP contribution in [0.5, 0.6) is 5.75 Å². The van der Waals surface area contributed by atoms with E-state index < -0.39 is 0 Å². The summed E-state index contributed by atoms with van der Waals surface area (Å²) in [5.74, 6) is 0.895. The molecule has 0 fully saturated rings. The molecule has 110 valence electrons. The molecule has 3 rings (SSSR count). The Balaban J connectivity index is 1.98. The Morgan fingerprint density at radius 3 is 2.71 bits per heavy atom. The van der Waals surface area contributed by atoms with E-state index in [1.54, 1.807) is 7.11 Å². The number of benzene rings is 2. The third-order valence-electron chi connectivity index (χ3n) is 4.70. The molecule has 2 N–H and O–H groups in total. The topological polar surface area (TPSA) is 35.2 Å². The van der Waals surface area contributed by atoms with Crippen LogP contribution in [0.4, 0.5) is 0 Å². The van der Waals surface area contributed by atoms with Crippen molar-refractivity contribution in [2.24, 2.45) is 5.73 Å². The number of fused-ring (bicyclic) bond motifs is 1. The normalized spacial score (nSPS) is 20.4. The van der Waals surface area contributed by atoms with Gasteiger partial charge >= 0.3 is 0 Å². The third kappa shape index (κ3) is 2.56. The zero-order valence-electron chi connectivity index (χ0n) is 13.1. The maximum atomic E-state index is 6.79. The first-order valence-electron chi connectivity index (χ1n) is 7.54. The van der Waals surface area contributed by atoms with Gasteiger partial charge in [-0.3, -0.25) is 0 Å². The number of hydrogen-bond acceptors (Lipinski definition) is 2. The van der Waals surface area contributed by atoms with Crippen LogP contribution in [0.3, 0.4) is 0 Å². The lowest BCUT2D eigenvalue weighted by molar-refractivity contribution is 0.407. The first-order valence-corrected chi connectivity index (χ1v) is 7.54. The lowest BCUT2D eigenvalue weighted by Gasteiger charge is -2.27. The molecule has 0 saturated carbocycles. The van der Waals surface area contributed by atoms with Gasteiger partial charge in [-0.05, 0) is 67.5 Å². The second-order valence-electron chi connectivity index (χ2n) is 6.29. The van der Waals surface area contributed by atoms with Gasteiger partial charge in [0.2, 0.25) is 0 Å². The Hall–Kier alpha value is -1.80. The zero-order chi connectivity index (χ0) is 15.0. The molecule has 2 aromatic carbocycles. The van der Waals surface area contributed by atoms with Crippen molar-refractivity contribution in [3.05, 3.63) is 64.2 Å². The molecule has 2 heteroatoms. The third-order valence-corrected chi connectivity index (χ3v) is 4.70. The molecule has 0 heterocycles. The summed E-state index contributed by atoms with van der Waals surface area (Å²) in [4.78, 5) is 0. The quantitative estimate of drug-likeness (QED) is 0.932. The first kappa shape index (κ1) is 14.2. The number of rotatable bonds is 3. The molecule has 1 aliphatic rings. The van der Waals surface area contributed by atoms with E-state index in [9.17, 15) is 0 Å². The van der Waals surface area contributed by atoms with Crippen LogP contribution < -0.4 is 10.5 Å². The highest BCUT2D eigenvalue weighted by molar-refractivity contribution is 5.45. The molecule has 1 unspecified atom stereocenters. The fraction of sp³-hybridized carbons (Fsp3) is 0.368. The van der Waals surface area contributed by atoms with Gasteiger partial charge in [-0.1, -0.05) is 29.8 Å². The maximum Gasteiger partial charge on any atom is 0.119 e. The Kier molecular flexibility index (Phi) is 3.50. The largest absolute Gasteiger partial charge is 0.497 e. The molecule has 1 atom stereocenters. The molecule has 0 saturated heterocycles. The minimum atomic E-state index is -0.275. The lowest BCUT2D eigenvalue weighted by Crippen LogP contribution is -2.36. The predicted molar refractivity (Wildman–Crippen MR) is 86.8 cm³/mol. The molecule has 0 radical (unpaired) electrons. The number of hydrogen-bond donors (Lipinski definition) is 1. The molecule has 1 aliphatic carbocycles. The van der Waals surface area contributed by atoms with Gasteiger partial charge in [0.1, 0.15) is 5.75 Å². The van der Waals surface area contributed by atoms with Crippen molar-refractivity contribution in [3.8, 4) is 5.75 Å². The second kappa shape index (κ2) is 5.19. The highest BCUT2D eigenvalue weighted by atomic mass is 16.5. The SMILES string of the molecule is COc1ccc2c(c1)C(N)(Cc1cc(C)ccc1C)CC2. The number of nitrogens with two attached hydrogens (primary N) is 1. The first-order chi connectivity index (χ1) is 10.0. The average Bonchev–Trinajstić information content (AvgIpc) is 2.80. The number of ether oxygens (including phenoxy) is 1. The summed E-state index contributed by atoms with van der Waals surface area (Å²) in [5.41, 5.74) is 13.1. The predicted octanol–water partition coefficient (Wildman–Crippen LogP) is 3.65. The van der Waals surface area contributed by atoms with Crippen LogP contribution in [0.2, 0.25) is 0 Å². The standard InChI is InChI=1S/C19H23NO/c1-13-4-5-14(2)16(10-13)12-19(20)9-8-15-6-7-17(21-3)11-18(15)19/h4-7,10-11H,8-9,12,20H2,1-3H3. The van der Waals surface area contributed by atoms with Crippen molar-refractivity contribution in [2.45, 2.75) is 38.6 Å². The molecule has 0 spiro atoms. The molecule has 0 aromatic heterocycles. The van der Waals surface area contributed by atoms with Crippen molar-refractivity contribution in [2.75, 3.05) is 7.11 Å². The highest BCUT2D eigenvalue weighted by Gasteiger charge is 2.35. The monoisotopic (exact) mass is 281 g/mol. The lowest BCUT2D eigenvalue weighted by atomic mass is 9.84. The van der Waals surface area contributed by atoms with E-state index in [0.29, 0.717) is 0 Å². The van der Waals surface area contributed by atoms with Crippen molar-refractivity contribution in [1.29, 1.82) is 0 Å². The minimum absolute atomic E-state index is 0.275. The zero-order valence-corrected chi connectivity index (χ0v) is 13.1. The molecule has 2 aromatic rings. The Labute approximate surface area is 126 Å². The summed E-state index contributed by atoms with van der Waals surface area (Å²) in [5, 5.41) is 0. The average molecular weight is 281 g/mol. The van der Waals surface area contributed by atoms with Crippen LogP contribution in [0.1, 0.15) is 34.2 Å². The summed E-state index contributed by atoms with van der Waals surface area (Å²) in [6, 6.07) is 12.9. The van der Waals surface area contributed by atoms with Crippen molar-refractivity contribution in [1.82, 2.24) is 0 Å². The van der Waals surface area contributed by atoms with Crippen LogP contribution in [-0.2, 0) is 18.4 Å². The molecule has 0 bridgehead atoms. The smallest absolute Gasteiger partial charge is 0.119 e. The molecular formula is C19H23NO. The number of aryl methyl sites for hydroxylation is 3. The summed E-state index contributed by atoms with van der Waals surface area (Å²) in [6.45, 7) is 4.30. The maximum absolute atomic E-state index is 6.79. The van der Waals surface area contributed by atoms with E-state index in [-0.39, 0.29) is 5.54 Å². The Morgan fingerprint density at radius 2 is 1.95 bits per heavy atom. The van der Waals surface area contributed by atoms with E-state index in [2.05, 4.69) is 44.2 Å². The van der Waals surface area contributed by atoms with Gasteiger partial charge in [-0.2, -0.15) is 0 Å². The highest BCUT2D eigenvalue weighted by Crippen LogP contribution is 2.39. The molecular weight excluding hydrogens is 258 g/mol. The van der Waals surface area contributed by atoms with Crippen molar-refractivity contribution in [3.63, 3.8) is 0 Å². The van der Waals surface area contributed by atoms with Gasteiger partial charge in [0.25, 0.3) is 0 Å². The van der Waals surface area contributed by atoms with E-state index >= 15 is 0 Å². The van der Waals surface area contributed by atoms with Crippen molar-refractivity contribution < 1.29 is 4.74 Å². The molecule has 0 amide bonds. The van der Waals surface area contributed by atoms with Gasteiger partial charge in [-0.15, -0.1) is 0 Å². The fourth-order valence-corrected chi connectivity index (χ4v) is 3.37. The van der Waals surface area contributed by atoms with Gasteiger partial charge in [0.15, 0.2) is 0 Å². The fourth-order valence-electron chi connectivity index (χ4n) is 3.37. The minimum Gasteiger partial charge on any atom is -0.497 e. The van der Waals surface area contributed by atoms with Crippen LogP contribution in [0.15, 0.2) is 36.4 Å². The van der Waals surface area contributed by atoms with Crippen LogP contribution >= 0.6 is 0 Å². The van der Waals surface area contributed by atoms with Crippen molar-refractivity contribution >= 4 is 0 Å². The van der Waals surface area contributed by atoms with E-state index in [1.165, 1.54) is 27.8 Å². The van der Waals surface area contributed by atoms with Crippen LogP contribution in [0.25, 0.3) is 0 Å². The van der Waals surface area contributed by atoms with Gasteiger partial charge in [0, 0.05) is 5.54 Å². The molecule has 21 heavy (non-hydrogen) atoms. The summed E-state index contributed by atoms with van der Waals surface area (Å²) in [6.07, 6.45) is 2.95. The molecule has 0 aliphatic heterocycles. The van der Waals surface area contributed by atoms with E-state index in [1.807, 2.05) is 6.07 Å². The van der Waals surface area contributed by atoms with Crippen LogP contribution in [-0.4, -0.2) is 7.11 Å². The summed E-state index contributed by atoms with van der Waals surface area (Å²) >= 11 is 0. The summed E-state index contributed by atoms with van der Waals surface area (Å²) in [7, 11) is 1.71. The Bertz CT molecular complexity index is 677. The van der Waals surface area contributed by atoms with Gasteiger partial charge < -0.3 is 10.5 Å². The Morgan fingerprint density at radius 1 is 1.14 bits per heavy atom.